The number of nitrogens with one attached hydrogen (secondary N) is 1. The van der Waals surface area contributed by atoms with E-state index >= 15 is 0 Å². The number of nitrogens with zero attached hydrogens (tertiary/aromatic N) is 1. The number of hydrogen-bond donors (Lipinski definition) is 2. The molecule has 1 aromatic carbocycles. The van der Waals surface area contributed by atoms with Crippen molar-refractivity contribution in [2.75, 3.05) is 37.4 Å². The maximum Gasteiger partial charge on any atom is 0.251 e. The highest BCUT2D eigenvalue weighted by atomic mass is 16.5. The van der Waals surface area contributed by atoms with Gasteiger partial charge in [-0.3, -0.25) is 4.79 Å². The summed E-state index contributed by atoms with van der Waals surface area (Å²) >= 11 is 0. The van der Waals surface area contributed by atoms with Crippen LogP contribution in [0.3, 0.4) is 0 Å². The third-order valence-electron chi connectivity index (χ3n) is 3.10. The lowest BCUT2D eigenvalue weighted by molar-refractivity contribution is 0.0956. The highest BCUT2D eigenvalue weighted by Gasteiger charge is 2.15. The molecule has 0 spiro atoms. The molecule has 0 aromatic heterocycles. The average Bonchev–Trinajstić information content (AvgIpc) is 2.40. The molecule has 112 valence electrons. The molecule has 0 radical (unpaired) electrons. The van der Waals surface area contributed by atoms with Crippen molar-refractivity contribution >= 4 is 17.3 Å². The summed E-state index contributed by atoms with van der Waals surface area (Å²) in [7, 11) is 1.68. The molecule has 0 saturated heterocycles. The van der Waals surface area contributed by atoms with Crippen molar-refractivity contribution in [3.8, 4) is 0 Å². The molecule has 0 atom stereocenters. The number of carbonyl (C=O) groups is 1. The number of ether oxygens (including phenoxy) is 1. The smallest absolute Gasteiger partial charge is 0.251 e. The molecule has 0 bridgehead atoms. The van der Waals surface area contributed by atoms with Crippen LogP contribution < -0.4 is 16.0 Å². The Morgan fingerprint density at radius 3 is 2.65 bits per heavy atom. The third kappa shape index (κ3) is 4.13. The number of rotatable bonds is 7. The molecular formula is C15H25N3O2. The topological polar surface area (TPSA) is 67.6 Å². The lowest BCUT2D eigenvalue weighted by Gasteiger charge is -2.30. The van der Waals surface area contributed by atoms with Gasteiger partial charge in [-0.2, -0.15) is 0 Å². The molecule has 5 nitrogen and oxygen atoms in total. The maximum absolute atomic E-state index is 11.8. The number of nitrogens with two attached hydrogens (primary N) is 1. The van der Waals surface area contributed by atoms with Gasteiger partial charge in [-0.25, -0.2) is 0 Å². The van der Waals surface area contributed by atoms with Crippen LogP contribution in [0.25, 0.3) is 0 Å². The van der Waals surface area contributed by atoms with Crippen molar-refractivity contribution < 1.29 is 9.53 Å². The van der Waals surface area contributed by atoms with Crippen molar-refractivity contribution in [1.82, 2.24) is 5.32 Å². The number of benzene rings is 1. The van der Waals surface area contributed by atoms with Gasteiger partial charge in [0.25, 0.3) is 5.91 Å². The molecule has 5 heteroatoms. The first kappa shape index (κ1) is 16.3. The molecule has 0 aliphatic carbocycles. The zero-order chi connectivity index (χ0) is 15.1. The summed E-state index contributed by atoms with van der Waals surface area (Å²) in [5, 5.41) is 2.77. The number of methoxy groups -OCH3 is 1. The van der Waals surface area contributed by atoms with Crippen LogP contribution >= 0.6 is 0 Å². The van der Waals surface area contributed by atoms with Gasteiger partial charge in [0, 0.05) is 31.8 Å². The van der Waals surface area contributed by atoms with Crippen LogP contribution in [0, 0.1) is 0 Å². The molecule has 20 heavy (non-hydrogen) atoms. The Morgan fingerprint density at radius 1 is 1.45 bits per heavy atom. The normalized spacial score (nSPS) is 10.7. The Balaban J connectivity index is 2.97. The predicted octanol–water partition coefficient (Wildman–Crippen LogP) is 1.88. The largest absolute Gasteiger partial charge is 0.397 e. The molecule has 3 N–H and O–H groups in total. The van der Waals surface area contributed by atoms with Gasteiger partial charge >= 0.3 is 0 Å². The molecule has 1 aromatic rings. The standard InChI is InChI=1S/C15H25N3O2/c1-5-17-15(19)12-6-7-14(13(16)10-12)18(11(2)3)8-9-20-4/h6-7,10-11H,5,8-9,16H2,1-4H3,(H,17,19). The van der Waals surface area contributed by atoms with Crippen molar-refractivity contribution in [3.63, 3.8) is 0 Å². The Bertz CT molecular complexity index is 447. The Kier molecular flexibility index (Phi) is 6.31. The molecule has 0 saturated carbocycles. The summed E-state index contributed by atoms with van der Waals surface area (Å²) in [5.74, 6) is -0.0984. The zero-order valence-electron chi connectivity index (χ0n) is 12.8. The summed E-state index contributed by atoms with van der Waals surface area (Å²) in [4.78, 5) is 14.0. The average molecular weight is 279 g/mol. The minimum atomic E-state index is -0.0984. The van der Waals surface area contributed by atoms with Gasteiger partial charge in [-0.05, 0) is 39.0 Å². The van der Waals surface area contributed by atoms with E-state index in [-0.39, 0.29) is 5.91 Å². The molecule has 0 unspecified atom stereocenters. The predicted molar refractivity (Wildman–Crippen MR) is 83.2 cm³/mol. The maximum atomic E-state index is 11.8. The summed E-state index contributed by atoms with van der Waals surface area (Å²) in [5.41, 5.74) is 8.23. The van der Waals surface area contributed by atoms with E-state index in [0.717, 1.165) is 12.2 Å². The zero-order valence-corrected chi connectivity index (χ0v) is 12.8. The highest BCUT2D eigenvalue weighted by molar-refractivity contribution is 5.96. The second-order valence-electron chi connectivity index (χ2n) is 4.91. The Morgan fingerprint density at radius 2 is 2.15 bits per heavy atom. The fraction of sp³-hybridized carbons (Fsp3) is 0.533. The Labute approximate surface area is 121 Å². The van der Waals surface area contributed by atoms with Crippen LogP contribution in [0.2, 0.25) is 0 Å². The second-order valence-corrected chi connectivity index (χ2v) is 4.91. The fourth-order valence-electron chi connectivity index (χ4n) is 2.07. The van der Waals surface area contributed by atoms with Crippen LogP contribution in [0.15, 0.2) is 18.2 Å². The van der Waals surface area contributed by atoms with E-state index in [4.69, 9.17) is 10.5 Å². The van der Waals surface area contributed by atoms with Crippen LogP contribution in [0.4, 0.5) is 11.4 Å². The van der Waals surface area contributed by atoms with Crippen LogP contribution in [-0.4, -0.2) is 38.8 Å². The van der Waals surface area contributed by atoms with Gasteiger partial charge in [0.1, 0.15) is 0 Å². The summed E-state index contributed by atoms with van der Waals surface area (Å²) in [6.45, 7) is 8.10. The number of carbonyl (C=O) groups excluding carboxylic acids is 1. The van der Waals surface area contributed by atoms with Gasteiger partial charge in [-0.1, -0.05) is 0 Å². The molecule has 0 heterocycles. The van der Waals surface area contributed by atoms with Gasteiger partial charge in [0.15, 0.2) is 0 Å². The number of anilines is 2. The minimum absolute atomic E-state index is 0.0984. The molecule has 0 aliphatic rings. The van der Waals surface area contributed by atoms with Crippen molar-refractivity contribution in [2.24, 2.45) is 0 Å². The lowest BCUT2D eigenvalue weighted by atomic mass is 10.1. The van der Waals surface area contributed by atoms with E-state index in [2.05, 4.69) is 24.1 Å². The highest BCUT2D eigenvalue weighted by Crippen LogP contribution is 2.26. The van der Waals surface area contributed by atoms with Crippen molar-refractivity contribution in [2.45, 2.75) is 26.8 Å². The first-order chi connectivity index (χ1) is 9.51. The van der Waals surface area contributed by atoms with Gasteiger partial charge in [0.2, 0.25) is 0 Å². The third-order valence-corrected chi connectivity index (χ3v) is 3.10. The molecule has 1 rings (SSSR count). The van der Waals surface area contributed by atoms with E-state index in [0.29, 0.717) is 30.4 Å². The van der Waals surface area contributed by atoms with Gasteiger partial charge < -0.3 is 20.7 Å². The first-order valence-electron chi connectivity index (χ1n) is 6.94. The van der Waals surface area contributed by atoms with Gasteiger partial charge in [0.05, 0.1) is 18.0 Å². The minimum Gasteiger partial charge on any atom is -0.397 e. The molecular weight excluding hydrogens is 254 g/mol. The van der Waals surface area contributed by atoms with Crippen LogP contribution in [0.5, 0.6) is 0 Å². The van der Waals surface area contributed by atoms with Gasteiger partial charge in [-0.15, -0.1) is 0 Å². The summed E-state index contributed by atoms with van der Waals surface area (Å²) in [6.07, 6.45) is 0. The number of amides is 1. The van der Waals surface area contributed by atoms with Crippen molar-refractivity contribution in [1.29, 1.82) is 0 Å². The van der Waals surface area contributed by atoms with E-state index in [1.165, 1.54) is 0 Å². The van der Waals surface area contributed by atoms with E-state index in [1.807, 2.05) is 13.0 Å². The summed E-state index contributed by atoms with van der Waals surface area (Å²) in [6, 6.07) is 5.74. The summed E-state index contributed by atoms with van der Waals surface area (Å²) < 4.78 is 5.13. The molecule has 0 aliphatic heterocycles. The van der Waals surface area contributed by atoms with Crippen LogP contribution in [0.1, 0.15) is 31.1 Å². The quantitative estimate of drug-likeness (QED) is 0.748. The Hall–Kier alpha value is -1.75. The fourth-order valence-corrected chi connectivity index (χ4v) is 2.07. The SMILES string of the molecule is CCNC(=O)c1ccc(N(CCOC)C(C)C)c(N)c1. The number of hydrogen-bond acceptors (Lipinski definition) is 4. The van der Waals surface area contributed by atoms with Crippen molar-refractivity contribution in [3.05, 3.63) is 23.8 Å². The molecule has 0 fully saturated rings. The van der Waals surface area contributed by atoms with E-state index in [1.54, 1.807) is 19.2 Å². The molecule has 1 amide bonds. The second kappa shape index (κ2) is 7.75. The monoisotopic (exact) mass is 279 g/mol. The number of nitrogen functional groups attached to an aromatic ring is 1. The van der Waals surface area contributed by atoms with Crippen LogP contribution in [-0.2, 0) is 4.74 Å². The lowest BCUT2D eigenvalue weighted by Crippen LogP contribution is -2.34. The first-order valence-corrected chi connectivity index (χ1v) is 6.94. The van der Waals surface area contributed by atoms with E-state index < -0.39 is 0 Å². The van der Waals surface area contributed by atoms with E-state index in [9.17, 15) is 4.79 Å².